The number of rotatable bonds is 11. The van der Waals surface area contributed by atoms with Crippen LogP contribution in [0.3, 0.4) is 0 Å². The second-order valence-corrected chi connectivity index (χ2v) is 18.0. The minimum absolute atomic E-state index is 0.0186. The number of hydrogen-bond acceptors (Lipinski definition) is 9. The molecule has 2 saturated heterocycles. The molecule has 0 aliphatic carbocycles. The van der Waals surface area contributed by atoms with Crippen molar-refractivity contribution < 1.29 is 32.0 Å². The van der Waals surface area contributed by atoms with E-state index in [2.05, 4.69) is 71.5 Å². The molecule has 1 unspecified atom stereocenters. The van der Waals surface area contributed by atoms with Gasteiger partial charge >= 0.3 is 6.18 Å². The van der Waals surface area contributed by atoms with E-state index in [1.807, 2.05) is 6.07 Å². The van der Waals surface area contributed by atoms with Gasteiger partial charge in [-0.05, 0) is 75.4 Å². The summed E-state index contributed by atoms with van der Waals surface area (Å²) in [6, 6.07) is 15.2. The number of fused-ring (bicyclic) bond motifs is 1. The van der Waals surface area contributed by atoms with E-state index in [9.17, 15) is 27.9 Å². The number of morpholine rings is 1. The van der Waals surface area contributed by atoms with Gasteiger partial charge in [0, 0.05) is 49.6 Å². The van der Waals surface area contributed by atoms with E-state index in [1.54, 1.807) is 17.0 Å². The number of hydrogen-bond donors (Lipinski definition) is 3. The lowest BCUT2D eigenvalue weighted by Crippen LogP contribution is -2.58. The number of benzene rings is 2. The van der Waals surface area contributed by atoms with Crippen molar-refractivity contribution in [1.82, 2.24) is 25.1 Å². The topological polar surface area (TPSA) is 120 Å². The van der Waals surface area contributed by atoms with Crippen LogP contribution in [-0.4, -0.2) is 93.3 Å². The molecule has 2 aromatic carbocycles. The van der Waals surface area contributed by atoms with Crippen LogP contribution in [0.5, 0.6) is 5.75 Å². The van der Waals surface area contributed by atoms with Crippen molar-refractivity contribution in [3.8, 4) is 5.75 Å². The molecular formula is C38H47F3N5O5S2+. The molecule has 15 heteroatoms. The van der Waals surface area contributed by atoms with Crippen LogP contribution in [0, 0.1) is 0 Å². The first kappa shape index (κ1) is 39.2. The summed E-state index contributed by atoms with van der Waals surface area (Å²) in [4.78, 5) is 35.3. The van der Waals surface area contributed by atoms with E-state index in [4.69, 9.17) is 8.92 Å². The number of piperidine rings is 1. The molecule has 0 bridgehead atoms. The molecule has 2 aromatic heterocycles. The predicted molar refractivity (Wildman–Crippen MR) is 202 cm³/mol. The molecular weight excluding hydrogens is 728 g/mol. The number of nitrogens with one attached hydrogen (secondary N) is 2. The van der Waals surface area contributed by atoms with Crippen molar-refractivity contribution >= 4 is 39.3 Å². The summed E-state index contributed by atoms with van der Waals surface area (Å²) in [6.45, 7) is 11.0. The van der Waals surface area contributed by atoms with Gasteiger partial charge in [-0.15, -0.1) is 11.3 Å². The lowest BCUT2D eigenvalue weighted by molar-refractivity contribution is -0.137. The summed E-state index contributed by atoms with van der Waals surface area (Å²) in [5.74, 6) is -0.465. The third-order valence-electron chi connectivity index (χ3n) is 9.96. The number of aromatic amines is 1. The number of carbonyl (C=O) groups excluding carboxylic acids is 1. The van der Waals surface area contributed by atoms with Gasteiger partial charge in [0.1, 0.15) is 28.9 Å². The second kappa shape index (κ2) is 16.1. The van der Waals surface area contributed by atoms with Crippen LogP contribution in [0.25, 0.3) is 10.9 Å². The first-order valence-electron chi connectivity index (χ1n) is 17.8. The highest BCUT2D eigenvalue weighted by Gasteiger charge is 2.42. The first-order valence-corrected chi connectivity index (χ1v) is 20.2. The Morgan fingerprint density at radius 2 is 1.89 bits per heavy atom. The van der Waals surface area contributed by atoms with Crippen LogP contribution in [0.15, 0.2) is 58.7 Å². The number of H-pyrrole nitrogens is 1. The monoisotopic (exact) mass is 774 g/mol. The zero-order valence-electron chi connectivity index (χ0n) is 30.4. The summed E-state index contributed by atoms with van der Waals surface area (Å²) >= 11 is 0.0635. The van der Waals surface area contributed by atoms with Gasteiger partial charge in [-0.3, -0.25) is 14.5 Å². The number of likely N-dealkylation sites (tertiary alicyclic amines) is 1. The summed E-state index contributed by atoms with van der Waals surface area (Å²) < 4.78 is 52.0. The van der Waals surface area contributed by atoms with Crippen LogP contribution in [-0.2, 0) is 39.2 Å². The van der Waals surface area contributed by atoms with E-state index >= 15 is 0 Å². The zero-order valence-corrected chi connectivity index (χ0v) is 32.1. The summed E-state index contributed by atoms with van der Waals surface area (Å²) in [5, 5.41) is 15.0. The highest BCUT2D eigenvalue weighted by atomic mass is 32.2. The van der Waals surface area contributed by atoms with Crippen molar-refractivity contribution in [2.45, 2.75) is 69.2 Å². The molecule has 2 atom stereocenters. The van der Waals surface area contributed by atoms with Gasteiger partial charge in [0.05, 0.1) is 24.3 Å². The minimum Gasteiger partial charge on any atom is -0.506 e. The molecule has 4 heterocycles. The average Bonchev–Trinajstić information content (AvgIpc) is 3.62. The van der Waals surface area contributed by atoms with Crippen molar-refractivity contribution in [3.63, 3.8) is 0 Å². The van der Waals surface area contributed by atoms with Gasteiger partial charge in [-0.2, -0.15) is 17.4 Å². The van der Waals surface area contributed by atoms with Gasteiger partial charge in [0.2, 0.25) is 5.56 Å². The number of pyridine rings is 1. The Hall–Kier alpha value is -3.47. The number of phenolic OH excluding ortho intramolecular Hbond substituents is 1. The molecule has 4 aromatic rings. The number of aromatic hydroxyl groups is 1. The highest BCUT2D eigenvalue weighted by molar-refractivity contribution is 7.93. The van der Waals surface area contributed by atoms with Gasteiger partial charge in [0.15, 0.2) is 15.9 Å². The molecule has 1 amide bonds. The molecule has 0 radical (unpaired) electrons. The summed E-state index contributed by atoms with van der Waals surface area (Å²) in [7, 11) is 0. The Bertz CT molecular complexity index is 1950. The molecule has 53 heavy (non-hydrogen) atoms. The highest BCUT2D eigenvalue weighted by Crippen LogP contribution is 2.35. The Balaban J connectivity index is 1.02. The second-order valence-electron chi connectivity index (χ2n) is 14.8. The summed E-state index contributed by atoms with van der Waals surface area (Å²) in [6.07, 6.45) is -0.542. The molecule has 2 aliphatic heterocycles. The van der Waals surface area contributed by atoms with Crippen LogP contribution >= 0.6 is 11.3 Å². The van der Waals surface area contributed by atoms with Gasteiger partial charge in [-0.25, -0.2) is 4.98 Å². The van der Waals surface area contributed by atoms with E-state index in [0.29, 0.717) is 43.1 Å². The third kappa shape index (κ3) is 9.62. The van der Waals surface area contributed by atoms with Crippen LogP contribution < -0.4 is 10.9 Å². The smallest absolute Gasteiger partial charge is 0.443 e. The lowest BCUT2D eigenvalue weighted by atomic mass is 9.89. The number of amides is 1. The SMILES string of the molecule is C[S+](O[C@@H](CNCCc1cccc(CN2CCC3(CC2)CN(C(=O)c2csc(C(F)(F)F)n2)CCO3)c1)c1ccc(O)c2[nH]c(=O)ccc12)C(C)(C)C. The van der Waals surface area contributed by atoms with E-state index in [0.717, 1.165) is 56.4 Å². The van der Waals surface area contributed by atoms with Gasteiger partial charge in [-0.1, -0.05) is 30.3 Å². The van der Waals surface area contributed by atoms with Gasteiger partial charge < -0.3 is 25.0 Å². The Kier molecular flexibility index (Phi) is 11.9. The number of thiazole rings is 1. The Labute approximate surface area is 314 Å². The maximum absolute atomic E-state index is 13.1. The fourth-order valence-electron chi connectivity index (χ4n) is 6.77. The average molecular weight is 775 g/mol. The van der Waals surface area contributed by atoms with Crippen LogP contribution in [0.1, 0.15) is 71.9 Å². The van der Waals surface area contributed by atoms with Crippen molar-refractivity contribution in [2.24, 2.45) is 0 Å². The maximum Gasteiger partial charge on any atom is 0.443 e. The van der Waals surface area contributed by atoms with E-state index in [-0.39, 0.29) is 39.0 Å². The molecule has 3 N–H and O–H groups in total. The zero-order chi connectivity index (χ0) is 38.0. The normalized spacial score (nSPS) is 18.1. The largest absolute Gasteiger partial charge is 0.506 e. The van der Waals surface area contributed by atoms with Crippen molar-refractivity contribution in [1.29, 1.82) is 0 Å². The number of carbonyl (C=O) groups is 1. The fourth-order valence-corrected chi connectivity index (χ4v) is 8.24. The molecule has 6 rings (SSSR count). The van der Waals surface area contributed by atoms with E-state index < -0.39 is 22.7 Å². The molecule has 286 valence electrons. The number of phenols is 1. The van der Waals surface area contributed by atoms with Crippen LogP contribution in [0.2, 0.25) is 0 Å². The minimum atomic E-state index is -4.57. The molecule has 0 saturated carbocycles. The Morgan fingerprint density at radius 1 is 1.13 bits per heavy atom. The number of aromatic nitrogens is 2. The maximum atomic E-state index is 13.1. The van der Waals surface area contributed by atoms with Gasteiger partial charge in [0.25, 0.3) is 5.91 Å². The number of ether oxygens (including phenoxy) is 1. The standard InChI is InChI=1S/C38H46F3N5O5S2/c1-36(2,3)53(4)51-31(27-8-10-30(47)33-28(27)9-11-32(48)44-33)21-42-15-12-25-6-5-7-26(20-25)22-45-16-13-37(14-17-45)24-46(18-19-50-37)34(49)29-23-52-35(43-29)38(39,40)41/h5-11,20,23,31,42H,12-19,21-22,24H2,1-4H3,(H-,44,47,48)/p+1/t31-,53?/m0/s1. The third-order valence-corrected chi connectivity index (χ3v) is 13.1. The van der Waals surface area contributed by atoms with Crippen molar-refractivity contribution in [2.75, 3.05) is 52.1 Å². The number of alkyl halides is 3. The Morgan fingerprint density at radius 3 is 2.60 bits per heavy atom. The van der Waals surface area contributed by atoms with E-state index in [1.165, 1.54) is 22.6 Å². The van der Waals surface area contributed by atoms with Crippen LogP contribution in [0.4, 0.5) is 13.2 Å². The fraction of sp³-hybridized carbons (Fsp3) is 0.500. The van der Waals surface area contributed by atoms with Crippen molar-refractivity contribution in [3.05, 3.63) is 91.7 Å². The quantitative estimate of drug-likeness (QED) is 0.124. The molecule has 10 nitrogen and oxygen atoms in total. The molecule has 2 fully saturated rings. The molecule has 2 aliphatic rings. The first-order chi connectivity index (χ1) is 25.1. The summed E-state index contributed by atoms with van der Waals surface area (Å²) in [5.41, 5.74) is 2.74. The number of halogens is 3. The predicted octanol–water partition coefficient (Wildman–Crippen LogP) is 6.07. The lowest BCUT2D eigenvalue weighted by Gasteiger charge is -2.47. The molecule has 1 spiro atoms. The number of nitrogens with zero attached hydrogens (tertiary/aromatic N) is 3.